The average molecular weight is 595 g/mol. The largest absolute Gasteiger partial charge is 0.493 e. The number of carbonyl (C=O) groups is 2. The molecule has 2 aliphatic carbocycles. The van der Waals surface area contributed by atoms with Crippen molar-refractivity contribution in [2.75, 3.05) is 27.2 Å². The van der Waals surface area contributed by atoms with E-state index in [0.29, 0.717) is 35.7 Å². The molecule has 4 aliphatic rings. The van der Waals surface area contributed by atoms with Crippen molar-refractivity contribution in [2.45, 2.75) is 62.4 Å². The number of carbonyl (C=O) groups excluding carboxylic acids is 2. The van der Waals surface area contributed by atoms with Crippen molar-refractivity contribution in [3.63, 3.8) is 0 Å². The van der Waals surface area contributed by atoms with Crippen LogP contribution in [-0.4, -0.2) is 67.1 Å². The summed E-state index contributed by atoms with van der Waals surface area (Å²) in [7, 11) is 3.26. The number of benzene rings is 2. The van der Waals surface area contributed by atoms with Gasteiger partial charge in [-0.25, -0.2) is 0 Å². The fourth-order valence-electron chi connectivity index (χ4n) is 7.93. The molecule has 6 rings (SSSR count). The van der Waals surface area contributed by atoms with Crippen LogP contribution in [0.3, 0.4) is 0 Å². The van der Waals surface area contributed by atoms with Crippen molar-refractivity contribution in [3.8, 4) is 29.1 Å². The van der Waals surface area contributed by atoms with E-state index < -0.39 is 29.0 Å². The molecule has 1 saturated carbocycles. The minimum Gasteiger partial charge on any atom is -0.493 e. The predicted molar refractivity (Wildman–Crippen MR) is 152 cm³/mol. The van der Waals surface area contributed by atoms with E-state index in [9.17, 15) is 22.8 Å². The number of esters is 1. The van der Waals surface area contributed by atoms with Crippen molar-refractivity contribution in [1.29, 1.82) is 0 Å². The lowest BCUT2D eigenvalue weighted by Gasteiger charge is -2.60. The summed E-state index contributed by atoms with van der Waals surface area (Å²) >= 11 is 0. The molecule has 5 atom stereocenters. The van der Waals surface area contributed by atoms with Crippen LogP contribution in [0.15, 0.2) is 43.0 Å². The number of likely N-dealkylation sites (tertiary alicyclic amines) is 1. The monoisotopic (exact) mass is 594 g/mol. The fourth-order valence-corrected chi connectivity index (χ4v) is 7.93. The number of methoxy groups -OCH3 is 1. The summed E-state index contributed by atoms with van der Waals surface area (Å²) in [5, 5.41) is 0. The molecule has 2 heterocycles. The van der Waals surface area contributed by atoms with Crippen LogP contribution in [0.25, 0.3) is 0 Å². The number of halogens is 3. The molecule has 1 saturated heterocycles. The van der Waals surface area contributed by atoms with Gasteiger partial charge in [0.25, 0.3) is 5.91 Å². The molecule has 7 nitrogen and oxygen atoms in total. The summed E-state index contributed by atoms with van der Waals surface area (Å²) in [4.78, 5) is 29.5. The smallest absolute Gasteiger partial charge is 0.416 e. The summed E-state index contributed by atoms with van der Waals surface area (Å²) in [5.74, 6) is 6.33. The van der Waals surface area contributed by atoms with E-state index in [1.54, 1.807) is 25.1 Å². The number of alkyl halides is 3. The molecule has 2 aromatic carbocycles. The highest BCUT2D eigenvalue weighted by molar-refractivity contribution is 5.94. The Morgan fingerprint density at radius 1 is 1.23 bits per heavy atom. The minimum atomic E-state index is -4.44. The van der Waals surface area contributed by atoms with Gasteiger partial charge in [-0.3, -0.25) is 14.5 Å². The van der Waals surface area contributed by atoms with Crippen LogP contribution < -0.4 is 14.2 Å². The Kier molecular flexibility index (Phi) is 7.20. The van der Waals surface area contributed by atoms with Crippen molar-refractivity contribution >= 4 is 11.9 Å². The zero-order valence-electron chi connectivity index (χ0n) is 24.3. The molecule has 1 amide bonds. The second-order valence-corrected chi connectivity index (χ2v) is 11.7. The van der Waals surface area contributed by atoms with Crippen molar-refractivity contribution in [3.05, 3.63) is 65.2 Å². The van der Waals surface area contributed by atoms with Gasteiger partial charge in [0, 0.05) is 60.7 Å². The Morgan fingerprint density at radius 2 is 1.98 bits per heavy atom. The summed E-state index contributed by atoms with van der Waals surface area (Å²) in [5.41, 5.74) is 1.09. The third-order valence-corrected chi connectivity index (χ3v) is 9.66. The lowest BCUT2D eigenvalue weighted by atomic mass is 9.51. The van der Waals surface area contributed by atoms with Crippen LogP contribution in [0.4, 0.5) is 13.2 Å². The molecule has 2 aliphatic heterocycles. The second kappa shape index (κ2) is 10.6. The van der Waals surface area contributed by atoms with Crippen LogP contribution in [0.1, 0.15) is 48.4 Å². The van der Waals surface area contributed by atoms with Gasteiger partial charge in [0.1, 0.15) is 11.9 Å². The molecule has 226 valence electrons. The Morgan fingerprint density at radius 3 is 2.63 bits per heavy atom. The molecule has 2 bridgehead atoms. The third-order valence-electron chi connectivity index (χ3n) is 9.66. The van der Waals surface area contributed by atoms with E-state index >= 15 is 0 Å². The SMILES string of the molecule is C=CCN1CC[C@]23c4c5c(OC(C)=O)cc(OC)c4O[C@H]2[C@H](N(C)C(=O)C#Cc2ccc(C(F)(F)F)cc2)CC[C@H]3[C@H]1C5. The fraction of sp³-hybridized carbons (Fsp3) is 0.455. The topological polar surface area (TPSA) is 68.3 Å². The second-order valence-electron chi connectivity index (χ2n) is 11.7. The normalized spacial score (nSPS) is 26.7. The number of ether oxygens (including phenoxy) is 3. The lowest BCUT2D eigenvalue weighted by Crippen LogP contribution is -2.68. The van der Waals surface area contributed by atoms with Crippen molar-refractivity contribution in [1.82, 2.24) is 9.80 Å². The number of likely N-dealkylation sites (N-methyl/N-ethyl adjacent to an activating group) is 1. The molecule has 2 fully saturated rings. The van der Waals surface area contributed by atoms with E-state index in [0.717, 1.165) is 49.2 Å². The number of nitrogens with zero attached hydrogens (tertiary/aromatic N) is 2. The highest BCUT2D eigenvalue weighted by atomic mass is 19.4. The van der Waals surface area contributed by atoms with Gasteiger partial charge in [0.2, 0.25) is 0 Å². The minimum absolute atomic E-state index is 0.181. The summed E-state index contributed by atoms with van der Waals surface area (Å²) < 4.78 is 57.1. The van der Waals surface area contributed by atoms with Gasteiger partial charge in [-0.2, -0.15) is 13.2 Å². The van der Waals surface area contributed by atoms with E-state index in [4.69, 9.17) is 14.2 Å². The van der Waals surface area contributed by atoms with Gasteiger partial charge < -0.3 is 19.1 Å². The number of rotatable bonds is 5. The van der Waals surface area contributed by atoms with E-state index in [1.807, 2.05) is 6.08 Å². The van der Waals surface area contributed by atoms with Crippen LogP contribution in [0, 0.1) is 17.8 Å². The Hall–Kier alpha value is -3.97. The quantitative estimate of drug-likeness (QED) is 0.216. The molecule has 10 heteroatoms. The maximum absolute atomic E-state index is 13.4. The number of piperidine rings is 1. The van der Waals surface area contributed by atoms with Gasteiger partial charge in [-0.1, -0.05) is 12.0 Å². The zero-order chi connectivity index (χ0) is 30.7. The number of hydrogen-bond acceptors (Lipinski definition) is 6. The van der Waals surface area contributed by atoms with Crippen LogP contribution in [-0.2, 0) is 27.6 Å². The van der Waals surface area contributed by atoms with Gasteiger partial charge in [0.15, 0.2) is 11.5 Å². The maximum Gasteiger partial charge on any atom is 0.416 e. The summed E-state index contributed by atoms with van der Waals surface area (Å²) in [6.45, 7) is 6.91. The van der Waals surface area contributed by atoms with Gasteiger partial charge in [-0.05, 0) is 62.4 Å². The Balaban J connectivity index is 1.37. The average Bonchev–Trinajstić information content (AvgIpc) is 3.31. The van der Waals surface area contributed by atoms with Crippen LogP contribution >= 0.6 is 0 Å². The Bertz CT molecular complexity index is 1540. The molecule has 43 heavy (non-hydrogen) atoms. The van der Waals surface area contributed by atoms with Crippen molar-refractivity contribution in [2.24, 2.45) is 5.92 Å². The van der Waals surface area contributed by atoms with E-state index in [-0.39, 0.29) is 24.1 Å². The molecule has 2 aromatic rings. The Labute approximate surface area is 248 Å². The highest BCUT2D eigenvalue weighted by Gasteiger charge is 2.67. The predicted octanol–water partition coefficient (Wildman–Crippen LogP) is 4.74. The first-order valence-corrected chi connectivity index (χ1v) is 14.4. The van der Waals surface area contributed by atoms with Crippen LogP contribution in [0.2, 0.25) is 0 Å². The molecule has 0 unspecified atom stereocenters. The first-order valence-electron chi connectivity index (χ1n) is 14.4. The van der Waals surface area contributed by atoms with Crippen molar-refractivity contribution < 1.29 is 37.0 Å². The standard InChI is InChI=1S/C33H33F3N2O5/c1-5-15-38-16-14-32-23-11-12-24(37(3)28(40)13-8-20-6-9-21(10-7-20)33(34,35)36)31(32)43-30-27(41-4)18-26(42-19(2)39)22(29(30)32)17-25(23)38/h5-7,9-10,18,23-25,31H,1,11-12,14-17H2,2-4H3/t23-,24+,25+,31-,32-/m0/s1. The van der Waals surface area contributed by atoms with Gasteiger partial charge >= 0.3 is 12.1 Å². The lowest BCUT2D eigenvalue weighted by molar-refractivity contribution is -0.137. The zero-order valence-corrected chi connectivity index (χ0v) is 24.3. The molecule has 0 N–H and O–H groups in total. The number of hydrogen-bond donors (Lipinski definition) is 0. The van der Waals surface area contributed by atoms with Gasteiger partial charge in [0.05, 0.1) is 18.7 Å². The third kappa shape index (κ3) is 4.65. The maximum atomic E-state index is 13.4. The first-order chi connectivity index (χ1) is 20.5. The molecule has 0 aromatic heterocycles. The molecular weight excluding hydrogens is 561 g/mol. The van der Waals surface area contributed by atoms with Gasteiger partial charge in [-0.15, -0.1) is 6.58 Å². The molecule has 0 radical (unpaired) electrons. The molecular formula is C33H33F3N2O5. The van der Waals surface area contributed by atoms with E-state index in [2.05, 4.69) is 23.3 Å². The summed E-state index contributed by atoms with van der Waals surface area (Å²) in [6, 6.07) is 6.02. The number of amides is 1. The molecule has 1 spiro atoms. The van der Waals surface area contributed by atoms with Crippen LogP contribution in [0.5, 0.6) is 17.2 Å². The highest BCUT2D eigenvalue weighted by Crippen LogP contribution is 2.65. The van der Waals surface area contributed by atoms with E-state index in [1.165, 1.54) is 19.1 Å². The first kappa shape index (κ1) is 29.1. The summed E-state index contributed by atoms with van der Waals surface area (Å²) in [6.07, 6.45) is 0.125.